The second-order valence-corrected chi connectivity index (χ2v) is 5.58. The fourth-order valence-electron chi connectivity index (χ4n) is 2.21. The minimum absolute atomic E-state index is 0.0594. The van der Waals surface area contributed by atoms with Crippen LogP contribution >= 0.6 is 0 Å². The van der Waals surface area contributed by atoms with E-state index in [4.69, 9.17) is 0 Å². The van der Waals surface area contributed by atoms with Crippen LogP contribution in [-0.2, 0) is 0 Å². The second-order valence-electron chi connectivity index (χ2n) is 5.58. The molecule has 2 heterocycles. The van der Waals surface area contributed by atoms with E-state index in [-0.39, 0.29) is 5.91 Å². The topological polar surface area (TPSA) is 60.5 Å². The lowest BCUT2D eigenvalue weighted by molar-refractivity contribution is 0.0662. The van der Waals surface area contributed by atoms with Crippen LogP contribution in [0.4, 0.5) is 5.82 Å². The lowest BCUT2D eigenvalue weighted by atomic mass is 10.2. The minimum atomic E-state index is -0.0594. The van der Waals surface area contributed by atoms with Crippen LogP contribution in [0.5, 0.6) is 0 Å². The van der Waals surface area contributed by atoms with Gasteiger partial charge in [0.1, 0.15) is 5.82 Å². The third-order valence-corrected chi connectivity index (χ3v) is 3.71. The van der Waals surface area contributed by atoms with Gasteiger partial charge in [0.05, 0.1) is 0 Å². The van der Waals surface area contributed by atoms with Gasteiger partial charge in [0.25, 0.3) is 5.91 Å². The Kier molecular flexibility index (Phi) is 3.84. The van der Waals surface area contributed by atoms with Gasteiger partial charge in [-0.05, 0) is 32.0 Å². The zero-order chi connectivity index (χ0) is 13.9. The quantitative estimate of drug-likeness (QED) is 0.840. The number of amides is 1. The largest absolute Gasteiger partial charge is 0.367 e. The number of nitrogens with zero attached hydrogens (tertiary/aromatic N) is 3. The predicted molar refractivity (Wildman–Crippen MR) is 77.4 cm³/mol. The van der Waals surface area contributed by atoms with E-state index in [1.54, 1.807) is 12.3 Å². The van der Waals surface area contributed by atoms with Gasteiger partial charge in [-0.3, -0.25) is 10.2 Å². The Hall–Kier alpha value is -1.66. The van der Waals surface area contributed by atoms with Gasteiger partial charge in [0, 0.05) is 44.0 Å². The van der Waals surface area contributed by atoms with Gasteiger partial charge in [0.15, 0.2) is 0 Å². The van der Waals surface area contributed by atoms with Crippen molar-refractivity contribution in [2.75, 3.05) is 38.5 Å². The predicted octanol–water partition coefficient (Wildman–Crippen LogP) is 0.548. The number of carbonyl (C=O) groups is 1. The maximum absolute atomic E-state index is 12.2. The molecule has 1 saturated heterocycles. The first-order chi connectivity index (χ1) is 9.70. The third-order valence-electron chi connectivity index (χ3n) is 3.71. The van der Waals surface area contributed by atoms with Crippen molar-refractivity contribution in [1.29, 1.82) is 0 Å². The fourth-order valence-corrected chi connectivity index (χ4v) is 2.21. The molecule has 6 nitrogen and oxygen atoms in total. The Morgan fingerprint density at radius 3 is 2.75 bits per heavy atom. The molecule has 0 aromatic carbocycles. The number of hydrogen-bond donors (Lipinski definition) is 2. The number of anilines is 1. The number of likely N-dealkylation sites (N-methyl/N-ethyl adjacent to an activating group) is 1. The minimum Gasteiger partial charge on any atom is -0.367 e. The Labute approximate surface area is 119 Å². The summed E-state index contributed by atoms with van der Waals surface area (Å²) in [5, 5.41) is 5.29. The standard InChI is InChI=1S/C14H21N5O/c1-18-6-8-19(9-7-18)17-14(20)11-4-5-15-13(10-11)16-12-2-3-12/h4-5,10,12H,2-3,6-9H2,1H3,(H,15,16)(H,17,20). The van der Waals surface area contributed by atoms with Crippen molar-refractivity contribution in [2.24, 2.45) is 0 Å². The van der Waals surface area contributed by atoms with Crippen molar-refractivity contribution in [1.82, 2.24) is 20.3 Å². The van der Waals surface area contributed by atoms with E-state index in [1.165, 1.54) is 12.8 Å². The number of carbonyl (C=O) groups excluding carboxylic acids is 1. The molecule has 2 N–H and O–H groups in total. The third kappa shape index (κ3) is 3.46. The van der Waals surface area contributed by atoms with Gasteiger partial charge in [-0.1, -0.05) is 0 Å². The number of piperazine rings is 1. The monoisotopic (exact) mass is 275 g/mol. The van der Waals surface area contributed by atoms with E-state index in [9.17, 15) is 4.79 Å². The molecule has 0 bridgehead atoms. The van der Waals surface area contributed by atoms with E-state index in [0.717, 1.165) is 32.0 Å². The first-order valence-corrected chi connectivity index (χ1v) is 7.18. The van der Waals surface area contributed by atoms with Crippen LogP contribution < -0.4 is 10.7 Å². The smallest absolute Gasteiger partial charge is 0.265 e. The molecule has 1 aliphatic carbocycles. The Balaban J connectivity index is 1.58. The van der Waals surface area contributed by atoms with Gasteiger partial charge in [0.2, 0.25) is 0 Å². The second kappa shape index (κ2) is 5.76. The maximum atomic E-state index is 12.2. The van der Waals surface area contributed by atoms with Crippen LogP contribution in [0.3, 0.4) is 0 Å². The number of rotatable bonds is 4. The van der Waals surface area contributed by atoms with Crippen molar-refractivity contribution >= 4 is 11.7 Å². The summed E-state index contributed by atoms with van der Waals surface area (Å²) in [7, 11) is 2.10. The molecule has 0 spiro atoms. The Morgan fingerprint density at radius 2 is 2.05 bits per heavy atom. The number of hydrazine groups is 1. The SMILES string of the molecule is CN1CCN(NC(=O)c2ccnc(NC3CC3)c2)CC1. The Morgan fingerprint density at radius 1 is 1.30 bits per heavy atom. The van der Waals surface area contributed by atoms with Crippen LogP contribution in [0, 0.1) is 0 Å². The van der Waals surface area contributed by atoms with Crippen molar-refractivity contribution in [3.63, 3.8) is 0 Å². The van der Waals surface area contributed by atoms with Gasteiger partial charge < -0.3 is 10.2 Å². The molecule has 20 heavy (non-hydrogen) atoms. The molecule has 1 amide bonds. The summed E-state index contributed by atoms with van der Waals surface area (Å²) in [6.45, 7) is 3.68. The van der Waals surface area contributed by atoms with Crippen molar-refractivity contribution in [3.8, 4) is 0 Å². The molecule has 1 aliphatic heterocycles. The number of hydrogen-bond acceptors (Lipinski definition) is 5. The Bertz CT molecular complexity index is 480. The summed E-state index contributed by atoms with van der Waals surface area (Å²) >= 11 is 0. The summed E-state index contributed by atoms with van der Waals surface area (Å²) in [4.78, 5) is 18.7. The molecule has 108 valence electrons. The summed E-state index contributed by atoms with van der Waals surface area (Å²) in [5.41, 5.74) is 3.62. The highest BCUT2D eigenvalue weighted by molar-refractivity contribution is 5.94. The molecular weight excluding hydrogens is 254 g/mol. The van der Waals surface area contributed by atoms with Crippen LogP contribution in [0.2, 0.25) is 0 Å². The van der Waals surface area contributed by atoms with E-state index in [2.05, 4.69) is 27.7 Å². The maximum Gasteiger partial charge on any atom is 0.265 e. The highest BCUT2D eigenvalue weighted by atomic mass is 16.2. The molecule has 0 atom stereocenters. The highest BCUT2D eigenvalue weighted by Crippen LogP contribution is 2.23. The first kappa shape index (κ1) is 13.3. The van der Waals surface area contributed by atoms with Crippen molar-refractivity contribution < 1.29 is 4.79 Å². The average molecular weight is 275 g/mol. The lowest BCUT2D eigenvalue weighted by Gasteiger charge is -2.32. The van der Waals surface area contributed by atoms with Crippen LogP contribution in [0.1, 0.15) is 23.2 Å². The van der Waals surface area contributed by atoms with Crippen LogP contribution in [0.25, 0.3) is 0 Å². The van der Waals surface area contributed by atoms with Gasteiger partial charge in [-0.2, -0.15) is 0 Å². The van der Waals surface area contributed by atoms with Crippen molar-refractivity contribution in [3.05, 3.63) is 23.9 Å². The van der Waals surface area contributed by atoms with E-state index in [1.807, 2.05) is 11.1 Å². The van der Waals surface area contributed by atoms with Crippen molar-refractivity contribution in [2.45, 2.75) is 18.9 Å². The zero-order valence-corrected chi connectivity index (χ0v) is 11.8. The molecule has 1 aromatic rings. The molecule has 0 radical (unpaired) electrons. The highest BCUT2D eigenvalue weighted by Gasteiger charge is 2.22. The van der Waals surface area contributed by atoms with Gasteiger partial charge >= 0.3 is 0 Å². The lowest BCUT2D eigenvalue weighted by Crippen LogP contribution is -2.52. The fraction of sp³-hybridized carbons (Fsp3) is 0.571. The zero-order valence-electron chi connectivity index (χ0n) is 11.8. The normalized spacial score (nSPS) is 20.6. The summed E-state index contributed by atoms with van der Waals surface area (Å²) < 4.78 is 0. The van der Waals surface area contributed by atoms with E-state index < -0.39 is 0 Å². The van der Waals surface area contributed by atoms with Gasteiger partial charge in [-0.25, -0.2) is 9.99 Å². The summed E-state index contributed by atoms with van der Waals surface area (Å²) in [5.74, 6) is 0.731. The molecule has 1 saturated carbocycles. The van der Waals surface area contributed by atoms with E-state index in [0.29, 0.717) is 11.6 Å². The number of aromatic nitrogens is 1. The molecule has 2 fully saturated rings. The molecule has 2 aliphatic rings. The first-order valence-electron chi connectivity index (χ1n) is 7.18. The summed E-state index contributed by atoms with van der Waals surface area (Å²) in [6, 6.07) is 4.12. The number of pyridine rings is 1. The van der Waals surface area contributed by atoms with Crippen LogP contribution in [-0.4, -0.2) is 60.1 Å². The molecular formula is C14H21N5O. The van der Waals surface area contributed by atoms with Gasteiger partial charge in [-0.15, -0.1) is 0 Å². The summed E-state index contributed by atoms with van der Waals surface area (Å²) in [6.07, 6.45) is 4.07. The molecule has 1 aromatic heterocycles. The molecule has 0 unspecified atom stereocenters. The van der Waals surface area contributed by atoms with Crippen LogP contribution in [0.15, 0.2) is 18.3 Å². The average Bonchev–Trinajstić information content (AvgIpc) is 3.25. The molecule has 6 heteroatoms. The number of nitrogens with one attached hydrogen (secondary N) is 2. The van der Waals surface area contributed by atoms with E-state index >= 15 is 0 Å². The molecule has 3 rings (SSSR count).